The third-order valence-electron chi connectivity index (χ3n) is 1.89. The molecule has 1 rings (SSSR count). The predicted molar refractivity (Wildman–Crippen MR) is 67.1 cm³/mol. The molecule has 0 fully saturated rings. The summed E-state index contributed by atoms with van der Waals surface area (Å²) in [7, 11) is 3.94. The molecule has 1 aromatic carbocycles. The number of nitrogen functional groups attached to an aromatic ring is 2. The largest absolute Gasteiger partial charge is 0.481 e. The lowest BCUT2D eigenvalue weighted by Crippen LogP contribution is -2.11. The highest BCUT2D eigenvalue weighted by Crippen LogP contribution is 2.21. The second-order valence-corrected chi connectivity index (χ2v) is 3.67. The molecule has 0 saturated heterocycles. The smallest absolute Gasteiger partial charge is 0.149 e. The lowest BCUT2D eigenvalue weighted by atomic mass is 10.2. The van der Waals surface area contributed by atoms with Crippen LogP contribution in [-0.4, -0.2) is 32.1 Å². The highest BCUT2D eigenvalue weighted by Gasteiger charge is 1.96. The molecule has 0 heterocycles. The molecule has 16 heavy (non-hydrogen) atoms. The minimum absolute atomic E-state index is 0.358. The molecule has 0 aliphatic heterocycles. The molecule has 0 bridgehead atoms. The van der Waals surface area contributed by atoms with E-state index >= 15 is 0 Å². The second-order valence-electron chi connectivity index (χ2n) is 3.67. The average Bonchev–Trinajstić information content (AvgIpc) is 2.22. The fourth-order valence-corrected chi connectivity index (χ4v) is 1.03. The van der Waals surface area contributed by atoms with E-state index in [1.165, 1.54) is 0 Å². The van der Waals surface area contributed by atoms with E-state index in [1.54, 1.807) is 18.2 Å². The summed E-state index contributed by atoms with van der Waals surface area (Å²) in [6.07, 6.45) is 0. The van der Waals surface area contributed by atoms with Gasteiger partial charge in [-0.25, -0.2) is 0 Å². The molecule has 4 N–H and O–H groups in total. The number of ether oxygens (including phenoxy) is 1. The van der Waals surface area contributed by atoms with Crippen molar-refractivity contribution >= 4 is 11.4 Å². The van der Waals surface area contributed by atoms with Crippen molar-refractivity contribution in [2.75, 3.05) is 38.7 Å². The van der Waals surface area contributed by atoms with Gasteiger partial charge in [0.25, 0.3) is 0 Å². The molecule has 0 aromatic heterocycles. The van der Waals surface area contributed by atoms with Crippen molar-refractivity contribution in [3.63, 3.8) is 0 Å². The number of benzene rings is 1. The van der Waals surface area contributed by atoms with E-state index in [2.05, 4.69) is 11.8 Å². The summed E-state index contributed by atoms with van der Waals surface area (Å²) >= 11 is 0. The fourth-order valence-electron chi connectivity index (χ4n) is 1.03. The molecule has 0 spiro atoms. The first-order valence-corrected chi connectivity index (χ1v) is 4.98. The maximum absolute atomic E-state index is 5.64. The quantitative estimate of drug-likeness (QED) is 0.583. The van der Waals surface area contributed by atoms with Gasteiger partial charge in [-0.15, -0.1) is 0 Å². The molecule has 4 heteroatoms. The van der Waals surface area contributed by atoms with Crippen LogP contribution in [0.1, 0.15) is 0 Å². The van der Waals surface area contributed by atoms with Crippen molar-refractivity contribution in [1.29, 1.82) is 0 Å². The number of nitrogens with two attached hydrogens (primary N) is 2. The van der Waals surface area contributed by atoms with Crippen LogP contribution in [0, 0.1) is 11.8 Å². The standard InChI is InChI=1S/C12H17N3O/c1-15(2)7-3-4-8-16-10-5-6-11(13)12(14)9-10/h5-6,9H,7-8,13-14H2,1-2H3. The van der Waals surface area contributed by atoms with Crippen LogP contribution >= 0.6 is 0 Å². The van der Waals surface area contributed by atoms with Crippen LogP contribution in [0.2, 0.25) is 0 Å². The van der Waals surface area contributed by atoms with Crippen LogP contribution in [0.25, 0.3) is 0 Å². The van der Waals surface area contributed by atoms with Gasteiger partial charge >= 0.3 is 0 Å². The summed E-state index contributed by atoms with van der Waals surface area (Å²) in [6, 6.07) is 5.19. The summed E-state index contributed by atoms with van der Waals surface area (Å²) in [5.41, 5.74) is 12.3. The van der Waals surface area contributed by atoms with Gasteiger partial charge in [0.2, 0.25) is 0 Å². The molecule has 1 aromatic rings. The molecule has 0 aliphatic rings. The van der Waals surface area contributed by atoms with Crippen molar-refractivity contribution in [3.05, 3.63) is 18.2 Å². The van der Waals surface area contributed by atoms with E-state index in [4.69, 9.17) is 16.2 Å². The Morgan fingerprint density at radius 1 is 1.19 bits per heavy atom. The van der Waals surface area contributed by atoms with Crippen LogP contribution in [0.4, 0.5) is 11.4 Å². The Kier molecular flexibility index (Phi) is 4.49. The molecule has 0 radical (unpaired) electrons. The lowest BCUT2D eigenvalue weighted by Gasteiger charge is -2.05. The van der Waals surface area contributed by atoms with Gasteiger partial charge in [-0.3, -0.25) is 4.90 Å². The predicted octanol–water partition coefficient (Wildman–Crippen LogP) is 0.795. The van der Waals surface area contributed by atoms with Gasteiger partial charge in [-0.1, -0.05) is 11.8 Å². The van der Waals surface area contributed by atoms with E-state index < -0.39 is 0 Å². The van der Waals surface area contributed by atoms with Crippen molar-refractivity contribution < 1.29 is 4.74 Å². The highest BCUT2D eigenvalue weighted by molar-refractivity contribution is 5.65. The molecule has 4 nitrogen and oxygen atoms in total. The number of rotatable bonds is 3. The van der Waals surface area contributed by atoms with Gasteiger partial charge in [0, 0.05) is 6.07 Å². The summed E-state index contributed by atoms with van der Waals surface area (Å²) < 4.78 is 5.40. The van der Waals surface area contributed by atoms with Crippen molar-refractivity contribution in [2.24, 2.45) is 0 Å². The average molecular weight is 219 g/mol. The number of nitrogens with zero attached hydrogens (tertiary/aromatic N) is 1. The van der Waals surface area contributed by atoms with Gasteiger partial charge < -0.3 is 16.2 Å². The van der Waals surface area contributed by atoms with E-state index in [-0.39, 0.29) is 0 Å². The maximum atomic E-state index is 5.64. The first kappa shape index (κ1) is 12.2. The summed E-state index contributed by atoms with van der Waals surface area (Å²) in [5, 5.41) is 0. The van der Waals surface area contributed by atoms with Crippen LogP contribution in [0.5, 0.6) is 5.75 Å². The summed E-state index contributed by atoms with van der Waals surface area (Å²) in [5.74, 6) is 6.58. The molecular formula is C12H17N3O. The molecule has 0 saturated carbocycles. The third-order valence-corrected chi connectivity index (χ3v) is 1.89. The lowest BCUT2D eigenvalue weighted by molar-refractivity contribution is 0.370. The van der Waals surface area contributed by atoms with Gasteiger partial charge in [0.05, 0.1) is 17.9 Å². The Morgan fingerprint density at radius 3 is 2.56 bits per heavy atom. The van der Waals surface area contributed by atoms with Gasteiger partial charge in [0.15, 0.2) is 0 Å². The molecule has 0 amide bonds. The minimum atomic E-state index is 0.358. The summed E-state index contributed by atoms with van der Waals surface area (Å²) in [6.45, 7) is 1.09. The van der Waals surface area contributed by atoms with Crippen molar-refractivity contribution in [3.8, 4) is 17.6 Å². The first-order valence-electron chi connectivity index (χ1n) is 4.98. The Bertz CT molecular complexity index is 404. The Labute approximate surface area is 96.2 Å². The van der Waals surface area contributed by atoms with E-state index in [9.17, 15) is 0 Å². The number of hydrogen-bond donors (Lipinski definition) is 2. The normalized spacial score (nSPS) is 9.69. The van der Waals surface area contributed by atoms with Crippen LogP contribution in [0.15, 0.2) is 18.2 Å². The Balaban J connectivity index is 2.42. The SMILES string of the molecule is CN(C)CC#CCOc1ccc(N)c(N)c1. The number of anilines is 2. The van der Waals surface area contributed by atoms with Crippen LogP contribution in [-0.2, 0) is 0 Å². The monoisotopic (exact) mass is 219 g/mol. The molecule has 0 atom stereocenters. The molecule has 0 aliphatic carbocycles. The fraction of sp³-hybridized carbons (Fsp3) is 0.333. The zero-order valence-corrected chi connectivity index (χ0v) is 9.66. The molecule has 86 valence electrons. The number of hydrogen-bond acceptors (Lipinski definition) is 4. The molecular weight excluding hydrogens is 202 g/mol. The van der Waals surface area contributed by atoms with E-state index in [0.717, 1.165) is 6.54 Å². The van der Waals surface area contributed by atoms with Crippen LogP contribution < -0.4 is 16.2 Å². The van der Waals surface area contributed by atoms with Gasteiger partial charge in [0.1, 0.15) is 12.4 Å². The van der Waals surface area contributed by atoms with Crippen molar-refractivity contribution in [1.82, 2.24) is 4.90 Å². The Morgan fingerprint density at radius 2 is 1.94 bits per heavy atom. The highest BCUT2D eigenvalue weighted by atomic mass is 16.5. The zero-order chi connectivity index (χ0) is 12.0. The van der Waals surface area contributed by atoms with E-state index in [1.807, 2.05) is 19.0 Å². The summed E-state index contributed by atoms with van der Waals surface area (Å²) in [4.78, 5) is 1.99. The first-order chi connectivity index (χ1) is 7.59. The van der Waals surface area contributed by atoms with Crippen molar-refractivity contribution in [2.45, 2.75) is 0 Å². The second kappa shape index (κ2) is 5.89. The third kappa shape index (κ3) is 4.11. The topological polar surface area (TPSA) is 64.5 Å². The van der Waals surface area contributed by atoms with Crippen LogP contribution in [0.3, 0.4) is 0 Å². The Hall–Kier alpha value is -1.86. The van der Waals surface area contributed by atoms with Gasteiger partial charge in [-0.05, 0) is 26.2 Å². The minimum Gasteiger partial charge on any atom is -0.481 e. The zero-order valence-electron chi connectivity index (χ0n) is 9.66. The maximum Gasteiger partial charge on any atom is 0.149 e. The molecule has 0 unspecified atom stereocenters. The van der Waals surface area contributed by atoms with Gasteiger partial charge in [-0.2, -0.15) is 0 Å². The van der Waals surface area contributed by atoms with E-state index in [0.29, 0.717) is 23.7 Å².